The van der Waals surface area contributed by atoms with Gasteiger partial charge in [-0.3, -0.25) is 25.0 Å². The zero-order chi connectivity index (χ0) is 32.8. The molecule has 234 valence electrons. The van der Waals surface area contributed by atoms with Gasteiger partial charge in [0, 0.05) is 33.9 Å². The average Bonchev–Trinajstić information content (AvgIpc) is 3.48. The highest BCUT2D eigenvalue weighted by atomic mass is 79.9. The molecule has 0 bridgehead atoms. The summed E-state index contributed by atoms with van der Waals surface area (Å²) in [7, 11) is 0. The Labute approximate surface area is 281 Å². The third-order valence-electron chi connectivity index (χ3n) is 7.06. The van der Waals surface area contributed by atoms with Crippen LogP contribution < -0.4 is 20.7 Å². The van der Waals surface area contributed by atoms with Crippen LogP contribution in [0.15, 0.2) is 120 Å². The number of anilines is 3. The van der Waals surface area contributed by atoms with E-state index in [1.165, 1.54) is 29.5 Å². The summed E-state index contributed by atoms with van der Waals surface area (Å²) in [5.74, 6) is 0.484. The Morgan fingerprint density at radius 3 is 2.19 bits per heavy atom. The number of aromatic nitrogens is 1. The molecule has 1 heterocycles. The fraction of sp³-hybridized carbons (Fsp3) is 0.0571. The molecule has 6 rings (SSSR count). The van der Waals surface area contributed by atoms with E-state index in [0.717, 1.165) is 10.0 Å². The van der Waals surface area contributed by atoms with Crippen molar-refractivity contribution in [3.63, 3.8) is 0 Å². The van der Waals surface area contributed by atoms with Crippen molar-refractivity contribution in [2.24, 2.45) is 0 Å². The summed E-state index contributed by atoms with van der Waals surface area (Å²) in [6.07, 6.45) is 0.692. The van der Waals surface area contributed by atoms with Crippen LogP contribution in [0.2, 0.25) is 0 Å². The lowest BCUT2D eigenvalue weighted by atomic mass is 10.1. The first-order valence-electron chi connectivity index (χ1n) is 14.4. The number of nitrogens with one attached hydrogen (secondary N) is 3. The minimum absolute atomic E-state index is 0.123. The van der Waals surface area contributed by atoms with Crippen molar-refractivity contribution in [2.75, 3.05) is 22.5 Å². The number of carbonyl (C=O) groups excluding carboxylic acids is 2. The van der Waals surface area contributed by atoms with Crippen LogP contribution in [0.4, 0.5) is 22.2 Å². The highest BCUT2D eigenvalue weighted by Gasteiger charge is 2.19. The molecular formula is C35H26BrN5O5S. The van der Waals surface area contributed by atoms with E-state index in [9.17, 15) is 19.7 Å². The zero-order valence-electron chi connectivity index (χ0n) is 24.6. The molecule has 0 atom stereocenters. The molecule has 0 saturated heterocycles. The third kappa shape index (κ3) is 7.98. The van der Waals surface area contributed by atoms with Gasteiger partial charge in [0.1, 0.15) is 17.2 Å². The summed E-state index contributed by atoms with van der Waals surface area (Å²) in [5, 5.41) is 20.8. The lowest BCUT2D eigenvalue weighted by molar-refractivity contribution is -0.384. The molecule has 12 heteroatoms. The summed E-state index contributed by atoms with van der Waals surface area (Å²) in [4.78, 5) is 41.7. The number of nitrogens with zero attached hydrogens (tertiary/aromatic N) is 2. The van der Waals surface area contributed by atoms with Crippen LogP contribution in [-0.4, -0.2) is 28.3 Å². The largest absolute Gasteiger partial charge is 0.457 e. The quantitative estimate of drug-likeness (QED) is 0.0904. The lowest BCUT2D eigenvalue weighted by Crippen LogP contribution is -2.13. The molecule has 0 fully saturated rings. The van der Waals surface area contributed by atoms with Crippen LogP contribution >= 0.6 is 27.3 Å². The van der Waals surface area contributed by atoms with Gasteiger partial charge in [0.15, 0.2) is 5.13 Å². The SMILES string of the molecule is O=C(Nc1ccc(Oc2ccc(Br)cc2)cc1)c1ccc2nc(NC(=O)c3ccc(NCCc4ccccc4)c([N+](=O)[O-])c3)sc2c1. The van der Waals surface area contributed by atoms with Crippen molar-refractivity contribution in [3.8, 4) is 11.5 Å². The summed E-state index contributed by atoms with van der Waals surface area (Å²) in [6.45, 7) is 0.497. The van der Waals surface area contributed by atoms with Crippen molar-refractivity contribution in [1.29, 1.82) is 0 Å². The van der Waals surface area contributed by atoms with Crippen LogP contribution in [0, 0.1) is 10.1 Å². The fourth-order valence-electron chi connectivity index (χ4n) is 4.70. The van der Waals surface area contributed by atoms with E-state index in [1.54, 1.807) is 42.5 Å². The molecular weight excluding hydrogens is 682 g/mol. The second-order valence-corrected chi connectivity index (χ2v) is 12.3. The minimum Gasteiger partial charge on any atom is -0.457 e. The normalized spacial score (nSPS) is 10.7. The van der Waals surface area contributed by atoms with Crippen molar-refractivity contribution in [3.05, 3.63) is 147 Å². The van der Waals surface area contributed by atoms with Crippen molar-refractivity contribution in [2.45, 2.75) is 6.42 Å². The van der Waals surface area contributed by atoms with Gasteiger partial charge in [0.25, 0.3) is 17.5 Å². The standard InChI is InChI=1S/C35H26BrN5O5S/c36-25-8-12-27(13-9-25)46-28-14-10-26(11-15-28)38-33(42)24-7-17-30-32(21-24)47-35(39-30)40-34(43)23-6-16-29(31(20-23)41(44)45)37-19-18-22-4-2-1-3-5-22/h1-17,20-21,37H,18-19H2,(H,38,42)(H,39,40,43). The third-order valence-corrected chi connectivity index (χ3v) is 8.52. The van der Waals surface area contributed by atoms with Crippen LogP contribution in [-0.2, 0) is 6.42 Å². The predicted molar refractivity (Wildman–Crippen MR) is 188 cm³/mol. The van der Waals surface area contributed by atoms with Gasteiger partial charge in [-0.2, -0.15) is 0 Å². The molecule has 47 heavy (non-hydrogen) atoms. The van der Waals surface area contributed by atoms with Crippen LogP contribution in [0.1, 0.15) is 26.3 Å². The maximum atomic E-state index is 13.0. The second-order valence-electron chi connectivity index (χ2n) is 10.3. The molecule has 3 N–H and O–H groups in total. The van der Waals surface area contributed by atoms with E-state index >= 15 is 0 Å². The lowest BCUT2D eigenvalue weighted by Gasteiger charge is -2.09. The van der Waals surface area contributed by atoms with Crippen molar-refractivity contribution in [1.82, 2.24) is 4.98 Å². The Kier molecular flexibility index (Phi) is 9.51. The Bertz CT molecular complexity index is 2070. The molecule has 0 unspecified atom stereocenters. The van der Waals surface area contributed by atoms with Gasteiger partial charge in [-0.25, -0.2) is 4.98 Å². The number of thiazole rings is 1. The monoisotopic (exact) mass is 707 g/mol. The number of amides is 2. The first kappa shape index (κ1) is 31.4. The predicted octanol–water partition coefficient (Wildman–Crippen LogP) is 8.92. The number of fused-ring (bicyclic) bond motifs is 1. The molecule has 0 aliphatic heterocycles. The van der Waals surface area contributed by atoms with Gasteiger partial charge in [0.2, 0.25) is 0 Å². The summed E-state index contributed by atoms with van der Waals surface area (Å²) in [6, 6.07) is 33.7. The Hall–Kier alpha value is -5.59. The number of rotatable bonds is 11. The number of benzene rings is 5. The fourth-order valence-corrected chi connectivity index (χ4v) is 5.86. The maximum Gasteiger partial charge on any atom is 0.293 e. The summed E-state index contributed by atoms with van der Waals surface area (Å²) in [5.41, 5.74) is 2.98. The number of hydrogen-bond acceptors (Lipinski definition) is 8. The van der Waals surface area contributed by atoms with Gasteiger partial charge >= 0.3 is 0 Å². The number of ether oxygens (including phenoxy) is 1. The highest BCUT2D eigenvalue weighted by molar-refractivity contribution is 9.10. The van der Waals surface area contributed by atoms with Gasteiger partial charge in [-0.05, 0) is 90.8 Å². The molecule has 0 aliphatic carbocycles. The number of halogens is 1. The van der Waals surface area contributed by atoms with E-state index in [1.807, 2.05) is 54.6 Å². The molecule has 0 radical (unpaired) electrons. The van der Waals surface area contributed by atoms with Crippen LogP contribution in [0.3, 0.4) is 0 Å². The molecule has 1 aromatic heterocycles. The van der Waals surface area contributed by atoms with E-state index in [-0.39, 0.29) is 17.2 Å². The topological polar surface area (TPSA) is 135 Å². The van der Waals surface area contributed by atoms with Gasteiger partial charge in [-0.1, -0.05) is 57.6 Å². The number of nitro groups is 1. The summed E-state index contributed by atoms with van der Waals surface area (Å²) >= 11 is 4.59. The van der Waals surface area contributed by atoms with E-state index in [4.69, 9.17) is 4.74 Å². The number of hydrogen-bond donors (Lipinski definition) is 3. The van der Waals surface area contributed by atoms with E-state index in [0.29, 0.717) is 56.8 Å². The molecule has 10 nitrogen and oxygen atoms in total. The van der Waals surface area contributed by atoms with Crippen LogP contribution in [0.25, 0.3) is 10.2 Å². The Morgan fingerprint density at radius 2 is 1.47 bits per heavy atom. The molecule has 5 aromatic carbocycles. The molecule has 6 aromatic rings. The van der Waals surface area contributed by atoms with Gasteiger partial charge in [-0.15, -0.1) is 0 Å². The number of carbonyl (C=O) groups is 2. The molecule has 0 aliphatic rings. The number of nitro benzene ring substituents is 1. The zero-order valence-corrected chi connectivity index (χ0v) is 27.0. The van der Waals surface area contributed by atoms with E-state index in [2.05, 4.69) is 36.9 Å². The van der Waals surface area contributed by atoms with Gasteiger partial charge in [0.05, 0.1) is 15.1 Å². The Balaban J connectivity index is 1.08. The summed E-state index contributed by atoms with van der Waals surface area (Å²) < 4.78 is 7.48. The van der Waals surface area contributed by atoms with Gasteiger partial charge < -0.3 is 15.4 Å². The molecule has 0 spiro atoms. The van der Waals surface area contributed by atoms with Crippen molar-refractivity contribution < 1.29 is 19.2 Å². The highest BCUT2D eigenvalue weighted by Crippen LogP contribution is 2.30. The molecule has 2 amide bonds. The average molecular weight is 709 g/mol. The first-order chi connectivity index (χ1) is 22.8. The maximum absolute atomic E-state index is 13.0. The van der Waals surface area contributed by atoms with Crippen LogP contribution in [0.5, 0.6) is 11.5 Å². The second kappa shape index (κ2) is 14.2. The first-order valence-corrected chi connectivity index (χ1v) is 16.0. The minimum atomic E-state index is -0.534. The smallest absolute Gasteiger partial charge is 0.293 e. The molecule has 0 saturated carbocycles. The Morgan fingerprint density at radius 1 is 0.809 bits per heavy atom. The van der Waals surface area contributed by atoms with Crippen molar-refractivity contribution >= 4 is 71.5 Å². The van der Waals surface area contributed by atoms with E-state index < -0.39 is 10.8 Å².